The maximum atomic E-state index is 11.3. The number of aliphatic hydroxyl groups is 1. The highest BCUT2D eigenvalue weighted by molar-refractivity contribution is 5.71. The third-order valence-electron chi connectivity index (χ3n) is 2.97. The quantitative estimate of drug-likeness (QED) is 0.813. The van der Waals surface area contributed by atoms with Crippen LogP contribution in [0, 0.1) is 5.92 Å². The first-order valence-electron chi connectivity index (χ1n) is 5.99. The smallest absolute Gasteiger partial charge is 0.308 e. The topological polar surface area (TPSA) is 49.8 Å². The van der Waals surface area contributed by atoms with Gasteiger partial charge in [-0.1, -0.05) is 19.1 Å². The Balaban J connectivity index is 2.67. The molecule has 1 aromatic rings. The monoisotopic (exact) mass is 251 g/mol. The highest BCUT2D eigenvalue weighted by atomic mass is 16.5. The largest absolute Gasteiger partial charge is 0.469 e. The number of carbonyl (C=O) groups is 1. The minimum absolute atomic E-state index is 0.293. The predicted molar refractivity (Wildman–Crippen MR) is 71.5 cm³/mol. The van der Waals surface area contributed by atoms with E-state index in [2.05, 4.69) is 4.74 Å². The molecule has 18 heavy (non-hydrogen) atoms. The molecule has 4 heteroatoms. The van der Waals surface area contributed by atoms with Gasteiger partial charge in [-0.25, -0.2) is 0 Å². The molecule has 0 saturated heterocycles. The van der Waals surface area contributed by atoms with Gasteiger partial charge in [-0.3, -0.25) is 4.79 Å². The van der Waals surface area contributed by atoms with E-state index in [0.29, 0.717) is 6.42 Å². The van der Waals surface area contributed by atoms with Crippen LogP contribution < -0.4 is 4.90 Å². The lowest BCUT2D eigenvalue weighted by atomic mass is 9.98. The Morgan fingerprint density at radius 2 is 1.89 bits per heavy atom. The Labute approximate surface area is 108 Å². The van der Waals surface area contributed by atoms with Gasteiger partial charge < -0.3 is 14.7 Å². The molecule has 1 rings (SSSR count). The molecule has 0 spiro atoms. The van der Waals surface area contributed by atoms with Crippen molar-refractivity contribution in [2.75, 3.05) is 26.1 Å². The number of ether oxygens (including phenoxy) is 1. The number of esters is 1. The number of hydrogen-bond acceptors (Lipinski definition) is 4. The maximum Gasteiger partial charge on any atom is 0.308 e. The van der Waals surface area contributed by atoms with Gasteiger partial charge in [0.2, 0.25) is 0 Å². The molecule has 4 nitrogen and oxygen atoms in total. The lowest BCUT2D eigenvalue weighted by molar-refractivity contribution is -0.145. The second kappa shape index (κ2) is 6.40. The molecule has 0 saturated carbocycles. The van der Waals surface area contributed by atoms with Crippen LogP contribution in [0.1, 0.15) is 25.0 Å². The predicted octanol–water partition coefficient (Wildman–Crippen LogP) is 1.99. The van der Waals surface area contributed by atoms with Gasteiger partial charge in [0.15, 0.2) is 0 Å². The zero-order valence-electron chi connectivity index (χ0n) is 11.4. The Hall–Kier alpha value is -1.55. The van der Waals surface area contributed by atoms with Gasteiger partial charge in [0.25, 0.3) is 0 Å². The standard InChI is InChI=1S/C14H21NO3/c1-10(14(17)18-4)9-13(16)11-5-7-12(8-6-11)15(2)3/h5-8,10,13,16H,9H2,1-4H3. The van der Waals surface area contributed by atoms with E-state index in [4.69, 9.17) is 0 Å². The molecule has 2 atom stereocenters. The second-order valence-electron chi connectivity index (χ2n) is 4.66. The number of aliphatic hydroxyl groups excluding tert-OH is 1. The van der Waals surface area contributed by atoms with Crippen molar-refractivity contribution in [3.05, 3.63) is 29.8 Å². The molecule has 1 N–H and O–H groups in total. The van der Waals surface area contributed by atoms with Gasteiger partial charge in [0.1, 0.15) is 0 Å². The molecule has 0 radical (unpaired) electrons. The molecule has 0 amide bonds. The van der Waals surface area contributed by atoms with Crippen LogP contribution >= 0.6 is 0 Å². The number of hydrogen-bond donors (Lipinski definition) is 1. The number of anilines is 1. The fraction of sp³-hybridized carbons (Fsp3) is 0.500. The van der Waals surface area contributed by atoms with Crippen LogP contribution in [0.4, 0.5) is 5.69 Å². The van der Waals surface area contributed by atoms with E-state index in [1.54, 1.807) is 6.92 Å². The summed E-state index contributed by atoms with van der Waals surface area (Å²) in [7, 11) is 5.28. The number of nitrogens with zero attached hydrogens (tertiary/aromatic N) is 1. The minimum Gasteiger partial charge on any atom is -0.469 e. The van der Waals surface area contributed by atoms with Gasteiger partial charge in [-0.05, 0) is 24.1 Å². The molecule has 0 aliphatic rings. The van der Waals surface area contributed by atoms with Gasteiger partial charge >= 0.3 is 5.97 Å². The average molecular weight is 251 g/mol. The third-order valence-corrected chi connectivity index (χ3v) is 2.97. The summed E-state index contributed by atoms with van der Waals surface area (Å²) >= 11 is 0. The highest BCUT2D eigenvalue weighted by Gasteiger charge is 2.18. The van der Waals surface area contributed by atoms with Gasteiger partial charge in [-0.2, -0.15) is 0 Å². The fourth-order valence-corrected chi connectivity index (χ4v) is 1.76. The van der Waals surface area contributed by atoms with Crippen LogP contribution in [0.25, 0.3) is 0 Å². The zero-order valence-corrected chi connectivity index (χ0v) is 11.4. The number of carbonyl (C=O) groups excluding carboxylic acids is 1. The maximum absolute atomic E-state index is 11.3. The van der Waals surface area contributed by atoms with Crippen LogP contribution in [-0.4, -0.2) is 32.3 Å². The molecule has 0 bridgehead atoms. The first kappa shape index (κ1) is 14.5. The van der Waals surface area contributed by atoms with Crippen molar-refractivity contribution in [3.8, 4) is 0 Å². The summed E-state index contributed by atoms with van der Waals surface area (Å²) in [6.45, 7) is 1.75. The van der Waals surface area contributed by atoms with E-state index in [0.717, 1.165) is 11.3 Å². The SMILES string of the molecule is COC(=O)C(C)CC(O)c1ccc(N(C)C)cc1. The van der Waals surface area contributed by atoms with Crippen molar-refractivity contribution in [2.45, 2.75) is 19.4 Å². The highest BCUT2D eigenvalue weighted by Crippen LogP contribution is 2.23. The van der Waals surface area contributed by atoms with Gasteiger partial charge in [-0.15, -0.1) is 0 Å². The molecule has 100 valence electrons. The number of rotatable bonds is 5. The minimum atomic E-state index is -0.643. The summed E-state index contributed by atoms with van der Waals surface area (Å²) < 4.78 is 4.64. The van der Waals surface area contributed by atoms with Crippen molar-refractivity contribution < 1.29 is 14.6 Å². The molecule has 0 aliphatic carbocycles. The van der Waals surface area contributed by atoms with Crippen LogP contribution in [0.15, 0.2) is 24.3 Å². The Bertz CT molecular complexity index is 387. The summed E-state index contributed by atoms with van der Waals surface area (Å²) in [5.74, 6) is -0.600. The van der Waals surface area contributed by atoms with Crippen molar-refractivity contribution in [3.63, 3.8) is 0 Å². The average Bonchev–Trinajstić information content (AvgIpc) is 2.37. The first-order chi connectivity index (χ1) is 8.45. The van der Waals surface area contributed by atoms with Crippen molar-refractivity contribution in [1.82, 2.24) is 0 Å². The fourth-order valence-electron chi connectivity index (χ4n) is 1.76. The number of methoxy groups -OCH3 is 1. The molecule has 0 heterocycles. The molecular weight excluding hydrogens is 230 g/mol. The molecule has 1 aromatic carbocycles. The van der Waals surface area contributed by atoms with E-state index in [1.165, 1.54) is 7.11 Å². The summed E-state index contributed by atoms with van der Waals surface area (Å²) in [5, 5.41) is 10.0. The summed E-state index contributed by atoms with van der Waals surface area (Å²) in [4.78, 5) is 13.3. The second-order valence-corrected chi connectivity index (χ2v) is 4.66. The van der Waals surface area contributed by atoms with Crippen molar-refractivity contribution in [2.24, 2.45) is 5.92 Å². The molecule has 0 fully saturated rings. The van der Waals surface area contributed by atoms with Crippen LogP contribution in [-0.2, 0) is 9.53 Å². The van der Waals surface area contributed by atoms with Crippen LogP contribution in [0.5, 0.6) is 0 Å². The van der Waals surface area contributed by atoms with E-state index in [9.17, 15) is 9.90 Å². The Kier molecular flexibility index (Phi) is 5.16. The molecular formula is C14H21NO3. The van der Waals surface area contributed by atoms with E-state index in [1.807, 2.05) is 43.3 Å². The summed E-state index contributed by atoms with van der Waals surface area (Å²) in [5.41, 5.74) is 1.89. The first-order valence-corrected chi connectivity index (χ1v) is 5.99. The van der Waals surface area contributed by atoms with Crippen molar-refractivity contribution >= 4 is 11.7 Å². The molecule has 0 aliphatic heterocycles. The Morgan fingerprint density at radius 1 is 1.33 bits per heavy atom. The van der Waals surface area contributed by atoms with E-state index >= 15 is 0 Å². The van der Waals surface area contributed by atoms with E-state index in [-0.39, 0.29) is 11.9 Å². The lowest BCUT2D eigenvalue weighted by Gasteiger charge is -2.17. The normalized spacial score (nSPS) is 13.8. The van der Waals surface area contributed by atoms with Gasteiger partial charge in [0, 0.05) is 19.8 Å². The third kappa shape index (κ3) is 3.74. The molecule has 2 unspecified atom stereocenters. The lowest BCUT2D eigenvalue weighted by Crippen LogP contribution is -2.16. The Morgan fingerprint density at radius 3 is 2.33 bits per heavy atom. The van der Waals surface area contributed by atoms with Crippen LogP contribution in [0.3, 0.4) is 0 Å². The summed E-state index contributed by atoms with van der Waals surface area (Å²) in [6, 6.07) is 7.65. The van der Waals surface area contributed by atoms with E-state index < -0.39 is 6.10 Å². The van der Waals surface area contributed by atoms with Crippen LogP contribution in [0.2, 0.25) is 0 Å². The van der Waals surface area contributed by atoms with Crippen molar-refractivity contribution in [1.29, 1.82) is 0 Å². The number of benzene rings is 1. The van der Waals surface area contributed by atoms with Gasteiger partial charge in [0.05, 0.1) is 19.1 Å². The zero-order chi connectivity index (χ0) is 13.7. The summed E-state index contributed by atoms with van der Waals surface area (Å²) in [6.07, 6.45) is -0.274. The molecule has 0 aromatic heterocycles.